The molecule has 34 heavy (non-hydrogen) atoms. The topological polar surface area (TPSA) is 98.1 Å². The predicted octanol–water partition coefficient (Wildman–Crippen LogP) is 4.85. The number of aromatic nitrogens is 2. The van der Waals surface area contributed by atoms with Gasteiger partial charge in [-0.1, -0.05) is 13.0 Å². The van der Waals surface area contributed by atoms with Gasteiger partial charge >= 0.3 is 0 Å². The molecule has 1 aliphatic rings. The highest BCUT2D eigenvalue weighted by Crippen LogP contribution is 2.42. The first-order valence-corrected chi connectivity index (χ1v) is 10.8. The van der Waals surface area contributed by atoms with Gasteiger partial charge in [-0.05, 0) is 37.5 Å². The number of amides is 1. The maximum Gasteiger partial charge on any atom is 0.268 e. The Bertz CT molecular complexity index is 1260. The number of H-pyrrole nitrogens is 1. The predicted molar refractivity (Wildman–Crippen MR) is 119 cm³/mol. The Kier molecular flexibility index (Phi) is 7.58. The molecule has 1 aliphatic carbocycles. The number of methoxy groups -OCH3 is 1. The highest BCUT2D eigenvalue weighted by molar-refractivity contribution is 6.03. The summed E-state index contributed by atoms with van der Waals surface area (Å²) in [5.41, 5.74) is 6.25. The normalized spacial score (nSPS) is 17.1. The van der Waals surface area contributed by atoms with E-state index in [9.17, 15) is 27.2 Å². The smallest absolute Gasteiger partial charge is 0.268 e. The second-order valence-electron chi connectivity index (χ2n) is 8.05. The molecule has 0 spiro atoms. The van der Waals surface area contributed by atoms with Crippen LogP contribution in [0, 0.1) is 11.6 Å². The first-order chi connectivity index (χ1) is 16.1. The van der Waals surface area contributed by atoms with E-state index in [1.165, 1.54) is 25.4 Å². The van der Waals surface area contributed by atoms with E-state index in [-0.39, 0.29) is 35.1 Å². The van der Waals surface area contributed by atoms with Crippen LogP contribution in [-0.2, 0) is 6.42 Å². The Morgan fingerprint density at radius 1 is 1.29 bits per heavy atom. The number of benzene rings is 1. The van der Waals surface area contributed by atoms with Gasteiger partial charge in [0.15, 0.2) is 17.0 Å². The Balaban J connectivity index is 0.000000271. The third-order valence-corrected chi connectivity index (χ3v) is 5.82. The lowest BCUT2D eigenvalue weighted by Crippen LogP contribution is -2.28. The summed E-state index contributed by atoms with van der Waals surface area (Å²) >= 11 is 0. The van der Waals surface area contributed by atoms with Gasteiger partial charge in [0.05, 0.1) is 18.0 Å². The first-order valence-electron chi connectivity index (χ1n) is 10.8. The van der Waals surface area contributed by atoms with E-state index >= 15 is 0 Å². The number of hydrogen-bond donors (Lipinski definition) is 2. The molecular formula is C24H25F4N3O3. The van der Waals surface area contributed by atoms with Crippen LogP contribution in [0.1, 0.15) is 60.3 Å². The molecule has 0 saturated heterocycles. The largest absolute Gasteiger partial charge is 0.494 e. The van der Waals surface area contributed by atoms with Gasteiger partial charge in [-0.2, -0.15) is 4.39 Å². The van der Waals surface area contributed by atoms with E-state index in [1.54, 1.807) is 13.0 Å². The molecule has 3 N–H and O–H groups in total. The highest BCUT2D eigenvalue weighted by atomic mass is 19.3. The minimum atomic E-state index is -2.71. The number of ether oxygens (including phenoxy) is 1. The van der Waals surface area contributed by atoms with Crippen LogP contribution in [0.5, 0.6) is 5.75 Å². The first kappa shape index (κ1) is 25.2. The Hall–Kier alpha value is -3.43. The van der Waals surface area contributed by atoms with Crippen molar-refractivity contribution in [2.45, 2.75) is 50.9 Å². The molecule has 2 aromatic heterocycles. The van der Waals surface area contributed by atoms with Crippen molar-refractivity contribution in [1.82, 2.24) is 9.97 Å². The summed E-state index contributed by atoms with van der Waals surface area (Å²) in [6.07, 6.45) is 2.41. The zero-order valence-electron chi connectivity index (χ0n) is 18.8. The van der Waals surface area contributed by atoms with Crippen molar-refractivity contribution in [3.8, 4) is 5.75 Å². The van der Waals surface area contributed by atoms with Crippen LogP contribution >= 0.6 is 0 Å². The van der Waals surface area contributed by atoms with Crippen molar-refractivity contribution >= 4 is 16.8 Å². The molecule has 0 unspecified atom stereocenters. The second kappa shape index (κ2) is 10.2. The molecule has 1 atom stereocenters. The molecule has 10 heteroatoms. The molecule has 1 amide bonds. The number of fused-ring (bicyclic) bond motifs is 1. The Labute approximate surface area is 193 Å². The monoisotopic (exact) mass is 479 g/mol. The number of primary amides is 1. The number of nitrogens with zero attached hydrogens (tertiary/aromatic N) is 1. The lowest BCUT2D eigenvalue weighted by atomic mass is 9.82. The second-order valence-corrected chi connectivity index (χ2v) is 8.05. The Morgan fingerprint density at radius 2 is 2.03 bits per heavy atom. The lowest BCUT2D eigenvalue weighted by molar-refractivity contribution is -0.0413. The fraction of sp³-hybridized carbons (Fsp3) is 0.375. The molecule has 6 nitrogen and oxygen atoms in total. The van der Waals surface area contributed by atoms with Gasteiger partial charge in [0.1, 0.15) is 5.69 Å². The molecule has 1 saturated carbocycles. The van der Waals surface area contributed by atoms with Gasteiger partial charge in [0.2, 0.25) is 11.7 Å². The van der Waals surface area contributed by atoms with Crippen molar-refractivity contribution in [3.63, 3.8) is 0 Å². The summed E-state index contributed by atoms with van der Waals surface area (Å²) in [6, 6.07) is 5.35. The van der Waals surface area contributed by atoms with Crippen molar-refractivity contribution < 1.29 is 27.1 Å². The van der Waals surface area contributed by atoms with Crippen LogP contribution in [0.15, 0.2) is 35.3 Å². The van der Waals surface area contributed by atoms with Crippen molar-refractivity contribution in [2.75, 3.05) is 7.11 Å². The van der Waals surface area contributed by atoms with Crippen LogP contribution in [0.25, 0.3) is 10.9 Å². The van der Waals surface area contributed by atoms with Gasteiger partial charge in [-0.25, -0.2) is 13.2 Å². The molecule has 3 aromatic rings. The molecule has 182 valence electrons. The maximum atomic E-state index is 13.8. The molecule has 4 rings (SSSR count). The van der Waals surface area contributed by atoms with Crippen LogP contribution in [-0.4, -0.2) is 28.9 Å². The zero-order valence-corrected chi connectivity index (χ0v) is 18.8. The number of carbonyl (C=O) groups is 1. The quantitative estimate of drug-likeness (QED) is 0.523. The summed E-state index contributed by atoms with van der Waals surface area (Å²) in [7, 11) is 1.29. The number of hydrogen-bond acceptors (Lipinski definition) is 4. The summed E-state index contributed by atoms with van der Waals surface area (Å²) in [5.74, 6) is -5.79. The number of carbonyl (C=O) groups excluding carboxylic acids is 1. The summed E-state index contributed by atoms with van der Waals surface area (Å²) in [6.45, 7) is 1.79. The molecule has 0 bridgehead atoms. The fourth-order valence-corrected chi connectivity index (χ4v) is 4.24. The van der Waals surface area contributed by atoms with E-state index in [0.717, 1.165) is 6.07 Å². The third kappa shape index (κ3) is 5.21. The molecule has 2 heterocycles. The number of nitrogens with two attached hydrogens (primary N) is 1. The van der Waals surface area contributed by atoms with Crippen LogP contribution < -0.4 is 15.9 Å². The molecule has 0 radical (unpaired) electrons. The van der Waals surface area contributed by atoms with E-state index in [1.807, 2.05) is 0 Å². The molecule has 0 aliphatic heterocycles. The van der Waals surface area contributed by atoms with Crippen molar-refractivity contribution in [3.05, 3.63) is 69.3 Å². The lowest BCUT2D eigenvalue weighted by Gasteiger charge is -2.30. The number of nitrogens with one attached hydrogen (secondary N) is 1. The number of alkyl halides is 2. The number of aromatic amines is 1. The number of pyridine rings is 2. The number of halogens is 4. The number of rotatable bonds is 4. The zero-order chi connectivity index (χ0) is 25.0. The van der Waals surface area contributed by atoms with Gasteiger partial charge in [0, 0.05) is 36.2 Å². The average Bonchev–Trinajstić information content (AvgIpc) is 2.80. The van der Waals surface area contributed by atoms with Crippen LogP contribution in [0.3, 0.4) is 0 Å². The van der Waals surface area contributed by atoms with Gasteiger partial charge in [-0.15, -0.1) is 0 Å². The van der Waals surface area contributed by atoms with E-state index in [4.69, 9.17) is 5.73 Å². The minimum absolute atomic E-state index is 0.0694. The summed E-state index contributed by atoms with van der Waals surface area (Å²) in [4.78, 5) is 31.4. The summed E-state index contributed by atoms with van der Waals surface area (Å²) in [5, 5.41) is 0.133. The van der Waals surface area contributed by atoms with Crippen molar-refractivity contribution in [1.29, 1.82) is 0 Å². The fourth-order valence-electron chi connectivity index (χ4n) is 4.24. The molecule has 1 aromatic carbocycles. The van der Waals surface area contributed by atoms with Crippen molar-refractivity contribution in [2.24, 2.45) is 5.73 Å². The average molecular weight is 479 g/mol. The summed E-state index contributed by atoms with van der Waals surface area (Å²) < 4.78 is 56.9. The minimum Gasteiger partial charge on any atom is -0.494 e. The van der Waals surface area contributed by atoms with Gasteiger partial charge in [-0.3, -0.25) is 14.6 Å². The maximum absolute atomic E-state index is 13.8. The molecular weight excluding hydrogens is 454 g/mol. The SMILES string of the molecule is CCc1c([C@H]2CCCC(F)(F)C2)[nH]c2ccnc(C(N)=O)c2c1=O.COc1cccc(F)c1F. The third-order valence-electron chi connectivity index (χ3n) is 5.82. The van der Waals surface area contributed by atoms with Crippen LogP contribution in [0.4, 0.5) is 17.6 Å². The Morgan fingerprint density at radius 3 is 2.62 bits per heavy atom. The van der Waals surface area contributed by atoms with E-state index < -0.39 is 29.4 Å². The van der Waals surface area contributed by atoms with Gasteiger partial charge in [0.25, 0.3) is 5.91 Å². The van der Waals surface area contributed by atoms with Crippen LogP contribution in [0.2, 0.25) is 0 Å². The van der Waals surface area contributed by atoms with Gasteiger partial charge < -0.3 is 15.5 Å². The van der Waals surface area contributed by atoms with E-state index in [0.29, 0.717) is 36.0 Å². The molecule has 1 fully saturated rings. The highest BCUT2D eigenvalue weighted by Gasteiger charge is 2.38. The van der Waals surface area contributed by atoms with E-state index in [2.05, 4.69) is 14.7 Å². The standard InChI is InChI=1S/C17H19F2N3O2.C7H6F2O/c1-2-10-13(9-4-3-6-17(18,19)8-9)22-11-5-7-21-14(16(20)24)12(11)15(10)23;1-10-6-4-2-3-5(8)7(6)9/h5,7,9H,2-4,6,8H2,1H3,(H2,20,24)(H,22,23);2-4H,1H3/t9-;/m0./s1.